The first-order valence-corrected chi connectivity index (χ1v) is 6.02. The number of carboxylic acid groups (broad SMARTS) is 1. The van der Waals surface area contributed by atoms with E-state index < -0.39 is 12.0 Å². The molecule has 2 heterocycles. The van der Waals surface area contributed by atoms with Crippen molar-refractivity contribution in [2.75, 3.05) is 26.8 Å². The van der Waals surface area contributed by atoms with Gasteiger partial charge < -0.3 is 24.8 Å². The fourth-order valence-corrected chi connectivity index (χ4v) is 2.36. The summed E-state index contributed by atoms with van der Waals surface area (Å²) in [6.07, 6.45) is 2.13. The maximum Gasteiger partial charge on any atom is 0.328 e. The molecule has 0 spiro atoms. The third-order valence-electron chi connectivity index (χ3n) is 3.26. The summed E-state index contributed by atoms with van der Waals surface area (Å²) in [5, 5.41) is 11.4. The zero-order chi connectivity index (χ0) is 13.1. The lowest BCUT2D eigenvalue weighted by Crippen LogP contribution is -2.54. The molecule has 7 nitrogen and oxygen atoms in total. The van der Waals surface area contributed by atoms with Crippen molar-refractivity contribution in [1.29, 1.82) is 0 Å². The van der Waals surface area contributed by atoms with Gasteiger partial charge in [0.1, 0.15) is 0 Å². The predicted molar refractivity (Wildman–Crippen MR) is 61.3 cm³/mol. The molecule has 2 amide bonds. The zero-order valence-electron chi connectivity index (χ0n) is 10.3. The van der Waals surface area contributed by atoms with Gasteiger partial charge in [-0.1, -0.05) is 0 Å². The molecule has 0 aliphatic carbocycles. The molecule has 2 N–H and O–H groups in total. The van der Waals surface area contributed by atoms with Crippen molar-refractivity contribution in [2.45, 2.75) is 31.1 Å². The van der Waals surface area contributed by atoms with Gasteiger partial charge in [0.25, 0.3) is 0 Å². The lowest BCUT2D eigenvalue weighted by Gasteiger charge is -2.32. The molecule has 2 saturated heterocycles. The van der Waals surface area contributed by atoms with Gasteiger partial charge in [0, 0.05) is 20.2 Å². The van der Waals surface area contributed by atoms with Gasteiger partial charge in [-0.3, -0.25) is 0 Å². The third-order valence-corrected chi connectivity index (χ3v) is 3.26. The average molecular weight is 258 g/mol. The van der Waals surface area contributed by atoms with Crippen molar-refractivity contribution < 1.29 is 24.2 Å². The molecule has 18 heavy (non-hydrogen) atoms. The van der Waals surface area contributed by atoms with Crippen molar-refractivity contribution in [2.24, 2.45) is 0 Å². The largest absolute Gasteiger partial charge is 0.480 e. The van der Waals surface area contributed by atoms with Gasteiger partial charge in [0.15, 0.2) is 6.04 Å². The number of carboxylic acids is 1. The molecule has 0 radical (unpaired) electrons. The van der Waals surface area contributed by atoms with Crippen LogP contribution in [0.2, 0.25) is 0 Å². The molecule has 0 aromatic rings. The Labute approximate surface area is 105 Å². The Bertz CT molecular complexity index is 323. The fourth-order valence-electron chi connectivity index (χ4n) is 2.36. The maximum atomic E-state index is 11.9. The second kappa shape index (κ2) is 5.53. The van der Waals surface area contributed by atoms with Gasteiger partial charge in [0.2, 0.25) is 0 Å². The summed E-state index contributed by atoms with van der Waals surface area (Å²) in [4.78, 5) is 24.5. The lowest BCUT2D eigenvalue weighted by molar-refractivity contribution is -0.140. The molecule has 2 aliphatic heterocycles. The summed E-state index contributed by atoms with van der Waals surface area (Å²) >= 11 is 0. The molecule has 7 heteroatoms. The molecule has 0 aromatic heterocycles. The Kier molecular flexibility index (Phi) is 4.03. The third kappa shape index (κ3) is 2.91. The molecular formula is C11H18N2O5. The number of carbonyl (C=O) groups excluding carboxylic acids is 1. The SMILES string of the molecule is COCC(NC(=O)N1CC2CCC(C1)O2)C(=O)O. The van der Waals surface area contributed by atoms with Gasteiger partial charge in [-0.2, -0.15) is 0 Å². The first kappa shape index (κ1) is 13.1. The van der Waals surface area contributed by atoms with Gasteiger partial charge in [0.05, 0.1) is 18.8 Å². The first-order valence-electron chi connectivity index (χ1n) is 6.02. The van der Waals surface area contributed by atoms with E-state index in [0.29, 0.717) is 13.1 Å². The number of methoxy groups -OCH3 is 1. The quantitative estimate of drug-likeness (QED) is 0.720. The minimum Gasteiger partial charge on any atom is -0.480 e. The number of amides is 2. The zero-order valence-corrected chi connectivity index (χ0v) is 10.3. The Morgan fingerprint density at radius 1 is 1.44 bits per heavy atom. The van der Waals surface area contributed by atoms with Crippen molar-refractivity contribution in [3.05, 3.63) is 0 Å². The van der Waals surface area contributed by atoms with Crippen LogP contribution >= 0.6 is 0 Å². The van der Waals surface area contributed by atoms with E-state index in [-0.39, 0.29) is 24.8 Å². The van der Waals surface area contributed by atoms with Crippen LogP contribution in [0.25, 0.3) is 0 Å². The van der Waals surface area contributed by atoms with Gasteiger partial charge >= 0.3 is 12.0 Å². The van der Waals surface area contributed by atoms with E-state index in [2.05, 4.69) is 5.32 Å². The number of ether oxygens (including phenoxy) is 2. The van der Waals surface area contributed by atoms with Crippen LogP contribution in [0.15, 0.2) is 0 Å². The summed E-state index contributed by atoms with van der Waals surface area (Å²) in [5.74, 6) is -1.10. The highest BCUT2D eigenvalue weighted by atomic mass is 16.5. The highest BCUT2D eigenvalue weighted by molar-refractivity contribution is 5.82. The highest BCUT2D eigenvalue weighted by Gasteiger charge is 2.36. The van der Waals surface area contributed by atoms with Crippen molar-refractivity contribution >= 4 is 12.0 Å². The molecule has 3 atom stereocenters. The van der Waals surface area contributed by atoms with Gasteiger partial charge in [-0.05, 0) is 12.8 Å². The van der Waals surface area contributed by atoms with Crippen LogP contribution in [0.4, 0.5) is 4.79 Å². The van der Waals surface area contributed by atoms with E-state index in [4.69, 9.17) is 14.6 Å². The van der Waals surface area contributed by atoms with Gasteiger partial charge in [-0.25, -0.2) is 9.59 Å². The summed E-state index contributed by atoms with van der Waals surface area (Å²) in [7, 11) is 1.40. The maximum absolute atomic E-state index is 11.9. The summed E-state index contributed by atoms with van der Waals surface area (Å²) in [6.45, 7) is 1.02. The van der Waals surface area contributed by atoms with Crippen LogP contribution in [0.3, 0.4) is 0 Å². The number of urea groups is 1. The van der Waals surface area contributed by atoms with Crippen LogP contribution in [-0.2, 0) is 14.3 Å². The lowest BCUT2D eigenvalue weighted by atomic mass is 10.2. The van der Waals surface area contributed by atoms with E-state index in [0.717, 1.165) is 12.8 Å². The molecule has 2 aliphatic rings. The van der Waals surface area contributed by atoms with E-state index in [1.165, 1.54) is 7.11 Å². The molecular weight excluding hydrogens is 240 g/mol. The number of nitrogens with zero attached hydrogens (tertiary/aromatic N) is 1. The van der Waals surface area contributed by atoms with Crippen molar-refractivity contribution in [3.8, 4) is 0 Å². The molecule has 0 aromatic carbocycles. The van der Waals surface area contributed by atoms with E-state index in [9.17, 15) is 9.59 Å². The molecule has 102 valence electrons. The normalized spacial score (nSPS) is 27.9. The molecule has 2 bridgehead atoms. The minimum atomic E-state index is -1.10. The second-order valence-corrected chi connectivity index (χ2v) is 4.66. The molecule has 2 fully saturated rings. The summed E-state index contributed by atoms with van der Waals surface area (Å²) < 4.78 is 10.4. The Hall–Kier alpha value is -1.34. The molecule has 2 rings (SSSR count). The van der Waals surface area contributed by atoms with Crippen LogP contribution in [0.5, 0.6) is 0 Å². The van der Waals surface area contributed by atoms with E-state index in [1.807, 2.05) is 0 Å². The van der Waals surface area contributed by atoms with Gasteiger partial charge in [-0.15, -0.1) is 0 Å². The molecule has 0 saturated carbocycles. The number of morpholine rings is 1. The Balaban J connectivity index is 1.88. The highest BCUT2D eigenvalue weighted by Crippen LogP contribution is 2.26. The smallest absolute Gasteiger partial charge is 0.328 e. The second-order valence-electron chi connectivity index (χ2n) is 4.66. The number of hydrogen-bond acceptors (Lipinski definition) is 4. The van der Waals surface area contributed by atoms with E-state index >= 15 is 0 Å². The summed E-state index contributed by atoms with van der Waals surface area (Å²) in [6, 6.07) is -1.37. The van der Waals surface area contributed by atoms with Crippen LogP contribution < -0.4 is 5.32 Å². The number of nitrogens with one attached hydrogen (secondary N) is 1. The number of hydrogen-bond donors (Lipinski definition) is 2. The summed E-state index contributed by atoms with van der Waals surface area (Å²) in [5.41, 5.74) is 0. The average Bonchev–Trinajstić information content (AvgIpc) is 2.67. The Morgan fingerprint density at radius 2 is 2.06 bits per heavy atom. The monoisotopic (exact) mass is 258 g/mol. The number of carbonyl (C=O) groups is 2. The van der Waals surface area contributed by atoms with Crippen molar-refractivity contribution in [1.82, 2.24) is 10.2 Å². The van der Waals surface area contributed by atoms with Crippen LogP contribution in [0, 0.1) is 0 Å². The standard InChI is InChI=1S/C11H18N2O5/c1-17-6-9(10(14)15)12-11(16)13-4-7-2-3-8(5-13)18-7/h7-9H,2-6H2,1H3,(H,12,16)(H,14,15). The topological polar surface area (TPSA) is 88.1 Å². The fraction of sp³-hybridized carbons (Fsp3) is 0.818. The van der Waals surface area contributed by atoms with E-state index in [1.54, 1.807) is 4.90 Å². The number of likely N-dealkylation sites (tertiary alicyclic amines) is 1. The number of aliphatic carboxylic acids is 1. The number of rotatable bonds is 4. The number of fused-ring (bicyclic) bond motifs is 2. The Morgan fingerprint density at radius 3 is 2.56 bits per heavy atom. The van der Waals surface area contributed by atoms with Crippen molar-refractivity contribution in [3.63, 3.8) is 0 Å². The predicted octanol–water partition coefficient (Wildman–Crippen LogP) is -0.341. The first-order chi connectivity index (χ1) is 8.60. The molecule has 3 unspecified atom stereocenters. The van der Waals surface area contributed by atoms with Crippen LogP contribution in [-0.4, -0.2) is 67.1 Å². The van der Waals surface area contributed by atoms with Crippen LogP contribution in [0.1, 0.15) is 12.8 Å². The minimum absolute atomic E-state index is 0.0434.